The smallest absolute Gasteiger partial charge is 0.267 e. The van der Waals surface area contributed by atoms with E-state index in [1.807, 2.05) is 25.3 Å². The van der Waals surface area contributed by atoms with E-state index >= 15 is 0 Å². The van der Waals surface area contributed by atoms with Crippen LogP contribution in [0.25, 0.3) is 0 Å². The van der Waals surface area contributed by atoms with Crippen molar-refractivity contribution in [2.24, 2.45) is 5.73 Å². The highest BCUT2D eigenvalue weighted by Gasteiger charge is 2.02. The van der Waals surface area contributed by atoms with Crippen LogP contribution in [-0.2, 0) is 6.54 Å². The largest absolute Gasteiger partial charge is 0.381 e. The van der Waals surface area contributed by atoms with Crippen LogP contribution in [0.3, 0.4) is 0 Å². The van der Waals surface area contributed by atoms with E-state index in [9.17, 15) is 4.79 Å². The molecule has 5 heteroatoms. The van der Waals surface area contributed by atoms with Crippen molar-refractivity contribution < 1.29 is 4.79 Å². The molecule has 0 unspecified atom stereocenters. The Hall–Kier alpha value is -2.43. The van der Waals surface area contributed by atoms with Crippen molar-refractivity contribution in [3.05, 3.63) is 53.6 Å². The number of hydrogen-bond acceptors (Lipinski definition) is 4. The lowest BCUT2D eigenvalue weighted by molar-refractivity contribution is 0.0995. The molecule has 0 radical (unpaired) electrons. The molecule has 18 heavy (non-hydrogen) atoms. The molecule has 0 fully saturated rings. The molecule has 2 rings (SSSR count). The highest BCUT2D eigenvalue weighted by molar-refractivity contribution is 5.91. The van der Waals surface area contributed by atoms with Crippen LogP contribution in [0.4, 0.5) is 5.69 Å². The third-order valence-corrected chi connectivity index (χ3v) is 2.48. The van der Waals surface area contributed by atoms with E-state index in [1.54, 1.807) is 18.3 Å². The fraction of sp³-hybridized carbons (Fsp3) is 0.154. The molecule has 1 amide bonds. The minimum Gasteiger partial charge on any atom is -0.381 e. The monoisotopic (exact) mass is 242 g/mol. The lowest BCUT2D eigenvalue weighted by Gasteiger charge is -2.07. The van der Waals surface area contributed by atoms with E-state index in [0.717, 1.165) is 16.9 Å². The van der Waals surface area contributed by atoms with Crippen LogP contribution in [0.15, 0.2) is 36.7 Å². The average Bonchev–Trinajstić information content (AvgIpc) is 2.38. The zero-order valence-electron chi connectivity index (χ0n) is 10.1. The Labute approximate surface area is 105 Å². The summed E-state index contributed by atoms with van der Waals surface area (Å²) in [5.41, 5.74) is 8.28. The average molecular weight is 242 g/mol. The number of nitrogens with zero attached hydrogens (tertiary/aromatic N) is 2. The second-order valence-corrected chi connectivity index (χ2v) is 3.96. The molecule has 0 aliphatic rings. The predicted molar refractivity (Wildman–Crippen MR) is 69.1 cm³/mol. The predicted octanol–water partition coefficient (Wildman–Crippen LogP) is 1.50. The number of nitrogens with two attached hydrogens (primary N) is 1. The number of rotatable bonds is 4. The van der Waals surface area contributed by atoms with Gasteiger partial charge in [0.05, 0.1) is 0 Å². The Kier molecular flexibility index (Phi) is 3.52. The fourth-order valence-corrected chi connectivity index (χ4v) is 1.48. The second-order valence-electron chi connectivity index (χ2n) is 3.96. The van der Waals surface area contributed by atoms with Crippen LogP contribution in [0.1, 0.15) is 21.7 Å². The molecule has 92 valence electrons. The van der Waals surface area contributed by atoms with Crippen LogP contribution in [-0.4, -0.2) is 15.9 Å². The molecule has 0 spiro atoms. The summed E-state index contributed by atoms with van der Waals surface area (Å²) in [5.74, 6) is -0.532. The molecule has 5 nitrogen and oxygen atoms in total. The molecule has 2 aromatic heterocycles. The number of hydrogen-bond donors (Lipinski definition) is 2. The molecule has 0 aromatic carbocycles. The third kappa shape index (κ3) is 3.04. The van der Waals surface area contributed by atoms with Gasteiger partial charge in [-0.3, -0.25) is 14.8 Å². The van der Waals surface area contributed by atoms with Gasteiger partial charge in [-0.1, -0.05) is 6.07 Å². The van der Waals surface area contributed by atoms with Crippen LogP contribution < -0.4 is 11.1 Å². The van der Waals surface area contributed by atoms with E-state index in [4.69, 9.17) is 5.73 Å². The first-order valence-corrected chi connectivity index (χ1v) is 5.56. The van der Waals surface area contributed by atoms with Crippen molar-refractivity contribution in [2.75, 3.05) is 5.32 Å². The Morgan fingerprint density at radius 2 is 2.17 bits per heavy atom. The number of primary amides is 1. The van der Waals surface area contributed by atoms with E-state index < -0.39 is 5.91 Å². The first-order valence-electron chi connectivity index (χ1n) is 5.56. The van der Waals surface area contributed by atoms with Crippen molar-refractivity contribution in [3.8, 4) is 0 Å². The summed E-state index contributed by atoms with van der Waals surface area (Å²) in [6, 6.07) is 7.38. The van der Waals surface area contributed by atoms with Crippen molar-refractivity contribution >= 4 is 11.6 Å². The summed E-state index contributed by atoms with van der Waals surface area (Å²) in [6.45, 7) is 2.58. The lowest BCUT2D eigenvalue weighted by atomic mass is 10.2. The molecular formula is C13H14N4O. The fourth-order valence-electron chi connectivity index (χ4n) is 1.48. The maximum absolute atomic E-state index is 11.0. The first kappa shape index (κ1) is 12.0. The first-order chi connectivity index (χ1) is 8.65. The molecule has 0 atom stereocenters. The van der Waals surface area contributed by atoms with Gasteiger partial charge < -0.3 is 11.1 Å². The molecular weight excluding hydrogens is 228 g/mol. The number of anilines is 1. The summed E-state index contributed by atoms with van der Waals surface area (Å²) in [6.07, 6.45) is 3.37. The van der Waals surface area contributed by atoms with Gasteiger partial charge in [-0.2, -0.15) is 0 Å². The van der Waals surface area contributed by atoms with Crippen LogP contribution in [0.2, 0.25) is 0 Å². The molecule has 0 bridgehead atoms. The number of aromatic nitrogens is 2. The quantitative estimate of drug-likeness (QED) is 0.851. The van der Waals surface area contributed by atoms with Crippen LogP contribution in [0, 0.1) is 6.92 Å². The van der Waals surface area contributed by atoms with Gasteiger partial charge in [0.2, 0.25) is 0 Å². The van der Waals surface area contributed by atoms with E-state index in [2.05, 4.69) is 15.3 Å². The highest BCUT2D eigenvalue weighted by atomic mass is 16.1. The van der Waals surface area contributed by atoms with Gasteiger partial charge in [-0.15, -0.1) is 0 Å². The molecule has 3 N–H and O–H groups in total. The van der Waals surface area contributed by atoms with Crippen molar-refractivity contribution in [3.63, 3.8) is 0 Å². The van der Waals surface area contributed by atoms with Crippen LogP contribution >= 0.6 is 0 Å². The number of carbonyl (C=O) groups is 1. The summed E-state index contributed by atoms with van der Waals surface area (Å²) >= 11 is 0. The van der Waals surface area contributed by atoms with Crippen molar-refractivity contribution in [1.29, 1.82) is 0 Å². The van der Waals surface area contributed by atoms with Gasteiger partial charge in [0.1, 0.15) is 5.69 Å². The normalized spacial score (nSPS) is 10.1. The van der Waals surface area contributed by atoms with Crippen molar-refractivity contribution in [1.82, 2.24) is 9.97 Å². The van der Waals surface area contributed by atoms with Gasteiger partial charge in [0.15, 0.2) is 0 Å². The van der Waals surface area contributed by atoms with Crippen LogP contribution in [0.5, 0.6) is 0 Å². The minimum atomic E-state index is -0.532. The van der Waals surface area contributed by atoms with Gasteiger partial charge in [0, 0.05) is 30.3 Å². The maximum atomic E-state index is 11.0. The van der Waals surface area contributed by atoms with Gasteiger partial charge in [-0.05, 0) is 30.7 Å². The Morgan fingerprint density at radius 1 is 1.33 bits per heavy atom. The zero-order chi connectivity index (χ0) is 13.0. The summed E-state index contributed by atoms with van der Waals surface area (Å²) < 4.78 is 0. The van der Waals surface area contributed by atoms with Crippen molar-refractivity contribution in [2.45, 2.75) is 13.5 Å². The second kappa shape index (κ2) is 5.27. The summed E-state index contributed by atoms with van der Waals surface area (Å²) in [4.78, 5) is 19.1. The summed E-state index contributed by atoms with van der Waals surface area (Å²) in [5, 5.41) is 3.19. The zero-order valence-corrected chi connectivity index (χ0v) is 10.1. The lowest BCUT2D eigenvalue weighted by Crippen LogP contribution is -2.13. The number of amides is 1. The third-order valence-electron chi connectivity index (χ3n) is 2.48. The Bertz CT molecular complexity index is 551. The Morgan fingerprint density at radius 3 is 2.83 bits per heavy atom. The molecule has 0 saturated carbocycles. The summed E-state index contributed by atoms with van der Waals surface area (Å²) in [7, 11) is 0. The minimum absolute atomic E-state index is 0.252. The van der Waals surface area contributed by atoms with Gasteiger partial charge in [-0.25, -0.2) is 0 Å². The molecule has 2 aromatic rings. The number of aryl methyl sites for hydroxylation is 1. The van der Waals surface area contributed by atoms with E-state index in [-0.39, 0.29) is 5.69 Å². The number of nitrogens with one attached hydrogen (secondary N) is 1. The standard InChI is InChI=1S/C13H14N4O/c1-9-2-3-10(7-16-9)8-17-11-4-5-15-12(6-11)13(14)18/h2-7H,8H2,1H3,(H2,14,18)(H,15,17). The number of carbonyl (C=O) groups excluding carboxylic acids is 1. The van der Waals surface area contributed by atoms with Gasteiger partial charge >= 0.3 is 0 Å². The topological polar surface area (TPSA) is 80.9 Å². The Balaban J connectivity index is 2.04. The molecule has 0 aliphatic carbocycles. The molecule has 2 heterocycles. The molecule has 0 saturated heterocycles. The number of pyridine rings is 2. The van der Waals surface area contributed by atoms with Gasteiger partial charge in [0.25, 0.3) is 5.91 Å². The van der Waals surface area contributed by atoms with E-state index in [1.165, 1.54) is 0 Å². The van der Waals surface area contributed by atoms with E-state index in [0.29, 0.717) is 6.54 Å². The maximum Gasteiger partial charge on any atom is 0.267 e. The highest BCUT2D eigenvalue weighted by Crippen LogP contribution is 2.09. The molecule has 0 aliphatic heterocycles. The SMILES string of the molecule is Cc1ccc(CNc2ccnc(C(N)=O)c2)cn1.